The van der Waals surface area contributed by atoms with Gasteiger partial charge in [-0.25, -0.2) is 0 Å². The minimum atomic E-state index is -0.701. The molecule has 0 aromatic rings. The van der Waals surface area contributed by atoms with Gasteiger partial charge in [0.1, 0.15) is 5.54 Å². The van der Waals surface area contributed by atoms with Crippen LogP contribution < -0.4 is 5.32 Å². The molecule has 1 aliphatic heterocycles. The Morgan fingerprint density at radius 2 is 2.32 bits per heavy atom. The van der Waals surface area contributed by atoms with Gasteiger partial charge >= 0.3 is 5.97 Å². The molecule has 2 N–H and O–H groups in total. The zero-order chi connectivity index (χ0) is 13.7. The summed E-state index contributed by atoms with van der Waals surface area (Å²) in [4.78, 5) is 14.0. The smallest absolute Gasteiger partial charge is 0.323 e. The summed E-state index contributed by atoms with van der Waals surface area (Å²) in [7, 11) is 0. The largest absolute Gasteiger partial charge is 0.480 e. The average Bonchev–Trinajstić information content (AvgIpc) is 2.66. The number of aliphatic carboxylic acids is 1. The van der Waals surface area contributed by atoms with E-state index in [1.54, 1.807) is 0 Å². The second-order valence-electron chi connectivity index (χ2n) is 5.71. The Morgan fingerprint density at radius 3 is 3.05 bits per heavy atom. The fourth-order valence-corrected chi connectivity index (χ4v) is 3.26. The molecule has 0 aromatic carbocycles. The molecule has 0 radical (unpaired) electrons. The lowest BCUT2D eigenvalue weighted by Gasteiger charge is -2.30. The molecule has 0 aromatic heterocycles. The monoisotopic (exact) mass is 270 g/mol. The lowest BCUT2D eigenvalue weighted by molar-refractivity contribution is -0.144. The third-order valence-corrected chi connectivity index (χ3v) is 4.38. The van der Waals surface area contributed by atoms with E-state index < -0.39 is 11.5 Å². The maximum Gasteiger partial charge on any atom is 0.323 e. The summed E-state index contributed by atoms with van der Waals surface area (Å²) in [6.07, 6.45) is 4.46. The second-order valence-corrected chi connectivity index (χ2v) is 5.71. The van der Waals surface area contributed by atoms with Gasteiger partial charge in [-0.05, 0) is 38.6 Å². The predicted molar refractivity (Wildman–Crippen MR) is 73.3 cm³/mol. The molecular formula is C14H26N2O3. The maximum atomic E-state index is 11.6. The highest BCUT2D eigenvalue weighted by molar-refractivity contribution is 5.79. The van der Waals surface area contributed by atoms with Gasteiger partial charge in [-0.2, -0.15) is 0 Å². The first-order chi connectivity index (χ1) is 9.18. The van der Waals surface area contributed by atoms with Crippen molar-refractivity contribution in [2.75, 3.05) is 32.8 Å². The van der Waals surface area contributed by atoms with E-state index in [9.17, 15) is 9.90 Å². The van der Waals surface area contributed by atoms with E-state index in [0.29, 0.717) is 6.04 Å². The lowest BCUT2D eigenvalue weighted by atomic mass is 9.97. The highest BCUT2D eigenvalue weighted by Crippen LogP contribution is 2.34. The van der Waals surface area contributed by atoms with Crippen molar-refractivity contribution in [3.05, 3.63) is 0 Å². The fourth-order valence-electron chi connectivity index (χ4n) is 3.26. The number of nitrogens with zero attached hydrogens (tertiary/aromatic N) is 1. The number of ether oxygens (including phenoxy) is 1. The molecule has 2 atom stereocenters. The molecule has 110 valence electrons. The molecule has 1 aliphatic carbocycles. The van der Waals surface area contributed by atoms with Crippen LogP contribution in [0.2, 0.25) is 0 Å². The molecule has 2 aliphatic rings. The Bertz CT molecular complexity index is 303. The van der Waals surface area contributed by atoms with Crippen LogP contribution in [0.3, 0.4) is 0 Å². The molecule has 0 bridgehead atoms. The standard InChI is InChI=1S/C14H26N2O3/c1-2-6-15-14(13(17)18)5-4-12(11-14)16-7-3-9-19-10-8-16/h12,15H,2-11H2,1H3,(H,17,18). The van der Waals surface area contributed by atoms with Crippen molar-refractivity contribution in [2.45, 2.75) is 50.6 Å². The lowest BCUT2D eigenvalue weighted by Crippen LogP contribution is -2.51. The molecular weight excluding hydrogens is 244 g/mol. The van der Waals surface area contributed by atoms with Crippen LogP contribution in [0.1, 0.15) is 39.0 Å². The summed E-state index contributed by atoms with van der Waals surface area (Å²) >= 11 is 0. The number of rotatable bonds is 5. The molecule has 1 saturated carbocycles. The molecule has 2 unspecified atom stereocenters. The minimum Gasteiger partial charge on any atom is -0.480 e. The molecule has 0 spiro atoms. The van der Waals surface area contributed by atoms with E-state index in [0.717, 1.165) is 65.0 Å². The Balaban J connectivity index is 1.97. The van der Waals surface area contributed by atoms with Gasteiger partial charge in [0.25, 0.3) is 0 Å². The Labute approximate surface area is 115 Å². The quantitative estimate of drug-likeness (QED) is 0.783. The van der Waals surface area contributed by atoms with Crippen LogP contribution in [0.15, 0.2) is 0 Å². The van der Waals surface area contributed by atoms with Gasteiger partial charge < -0.3 is 15.2 Å². The van der Waals surface area contributed by atoms with Gasteiger partial charge in [-0.15, -0.1) is 0 Å². The van der Waals surface area contributed by atoms with Gasteiger partial charge in [0.05, 0.1) is 6.61 Å². The first-order valence-corrected chi connectivity index (χ1v) is 7.48. The number of carboxylic acid groups (broad SMARTS) is 1. The van der Waals surface area contributed by atoms with E-state index in [-0.39, 0.29) is 0 Å². The van der Waals surface area contributed by atoms with Crippen LogP contribution in [0.25, 0.3) is 0 Å². The normalized spacial score (nSPS) is 33.2. The molecule has 0 amide bonds. The number of carbonyl (C=O) groups is 1. The van der Waals surface area contributed by atoms with Crippen molar-refractivity contribution in [3.8, 4) is 0 Å². The fraction of sp³-hybridized carbons (Fsp3) is 0.929. The van der Waals surface area contributed by atoms with Crippen LogP contribution >= 0.6 is 0 Å². The Hall–Kier alpha value is -0.650. The topological polar surface area (TPSA) is 61.8 Å². The van der Waals surface area contributed by atoms with Crippen molar-refractivity contribution >= 4 is 5.97 Å². The zero-order valence-electron chi connectivity index (χ0n) is 11.9. The summed E-state index contributed by atoms with van der Waals surface area (Å²) in [6, 6.07) is 0.391. The maximum absolute atomic E-state index is 11.6. The van der Waals surface area contributed by atoms with Gasteiger partial charge in [-0.3, -0.25) is 9.69 Å². The minimum absolute atomic E-state index is 0.391. The van der Waals surface area contributed by atoms with Gasteiger partial charge in [0, 0.05) is 25.7 Å². The SMILES string of the molecule is CCCNC1(C(=O)O)CCC(N2CCCOCC2)C1. The molecule has 1 heterocycles. The van der Waals surface area contributed by atoms with Gasteiger partial charge in [0.15, 0.2) is 0 Å². The van der Waals surface area contributed by atoms with Crippen LogP contribution in [-0.4, -0.2) is 60.4 Å². The third kappa shape index (κ3) is 3.46. The van der Waals surface area contributed by atoms with Crippen LogP contribution in [0.4, 0.5) is 0 Å². The molecule has 2 rings (SSSR count). The summed E-state index contributed by atoms with van der Waals surface area (Å²) in [5, 5.41) is 12.8. The predicted octanol–water partition coefficient (Wildman–Crippen LogP) is 1.08. The van der Waals surface area contributed by atoms with E-state index in [2.05, 4.69) is 17.1 Å². The highest BCUT2D eigenvalue weighted by Gasteiger charge is 2.46. The molecule has 5 heteroatoms. The number of nitrogens with one attached hydrogen (secondary N) is 1. The second kappa shape index (κ2) is 6.68. The Kier molecular flexibility index (Phi) is 5.19. The summed E-state index contributed by atoms with van der Waals surface area (Å²) < 4.78 is 5.47. The van der Waals surface area contributed by atoms with Crippen molar-refractivity contribution < 1.29 is 14.6 Å². The van der Waals surface area contributed by atoms with E-state index in [1.807, 2.05) is 0 Å². The number of hydrogen-bond donors (Lipinski definition) is 2. The van der Waals surface area contributed by atoms with Crippen molar-refractivity contribution in [1.29, 1.82) is 0 Å². The number of hydrogen-bond acceptors (Lipinski definition) is 4. The van der Waals surface area contributed by atoms with E-state index >= 15 is 0 Å². The van der Waals surface area contributed by atoms with E-state index in [1.165, 1.54) is 0 Å². The van der Waals surface area contributed by atoms with Crippen molar-refractivity contribution in [3.63, 3.8) is 0 Å². The van der Waals surface area contributed by atoms with Crippen LogP contribution in [0.5, 0.6) is 0 Å². The molecule has 2 fully saturated rings. The molecule has 1 saturated heterocycles. The van der Waals surface area contributed by atoms with Crippen LogP contribution in [-0.2, 0) is 9.53 Å². The summed E-state index contributed by atoms with van der Waals surface area (Å²) in [5.41, 5.74) is -0.701. The summed E-state index contributed by atoms with van der Waals surface area (Å²) in [6.45, 7) is 6.44. The van der Waals surface area contributed by atoms with E-state index in [4.69, 9.17) is 4.74 Å². The van der Waals surface area contributed by atoms with Crippen molar-refractivity contribution in [1.82, 2.24) is 10.2 Å². The third-order valence-electron chi connectivity index (χ3n) is 4.38. The zero-order valence-corrected chi connectivity index (χ0v) is 11.9. The van der Waals surface area contributed by atoms with Gasteiger partial charge in [0.2, 0.25) is 0 Å². The Morgan fingerprint density at radius 1 is 1.47 bits per heavy atom. The average molecular weight is 270 g/mol. The highest BCUT2D eigenvalue weighted by atomic mass is 16.5. The first kappa shape index (κ1) is 14.8. The molecule has 19 heavy (non-hydrogen) atoms. The van der Waals surface area contributed by atoms with Gasteiger partial charge in [-0.1, -0.05) is 6.92 Å². The molecule has 5 nitrogen and oxygen atoms in total. The first-order valence-electron chi connectivity index (χ1n) is 7.48. The number of carboxylic acids is 1. The summed E-state index contributed by atoms with van der Waals surface area (Å²) in [5.74, 6) is -0.686. The van der Waals surface area contributed by atoms with Crippen molar-refractivity contribution in [2.24, 2.45) is 0 Å². The van der Waals surface area contributed by atoms with Crippen LogP contribution in [0, 0.1) is 0 Å².